The molecule has 0 bridgehead atoms. The van der Waals surface area contributed by atoms with Crippen LogP contribution in [-0.2, 0) is 16.6 Å². The van der Waals surface area contributed by atoms with Crippen molar-refractivity contribution in [1.29, 1.82) is 0 Å². The predicted octanol–water partition coefficient (Wildman–Crippen LogP) is 3.12. The van der Waals surface area contributed by atoms with Crippen LogP contribution in [0.5, 0.6) is 23.1 Å². The number of amides is 1. The van der Waals surface area contributed by atoms with Gasteiger partial charge in [0.1, 0.15) is 10.6 Å². The third-order valence-corrected chi connectivity index (χ3v) is 6.03. The molecule has 10 heteroatoms. The number of nitrogens with zero attached hydrogens (tertiary/aromatic N) is 1. The van der Waals surface area contributed by atoms with Gasteiger partial charge in [-0.2, -0.15) is 0 Å². The molecule has 0 saturated carbocycles. The third-order valence-electron chi connectivity index (χ3n) is 4.60. The highest BCUT2D eigenvalue weighted by molar-refractivity contribution is 7.89. The van der Waals surface area contributed by atoms with Crippen molar-refractivity contribution in [3.05, 3.63) is 71.9 Å². The zero-order valence-electron chi connectivity index (χ0n) is 18.5. The quantitative estimate of drug-likeness (QED) is 0.467. The van der Waals surface area contributed by atoms with E-state index in [0.717, 1.165) is 5.56 Å². The van der Waals surface area contributed by atoms with Crippen LogP contribution in [0.25, 0.3) is 0 Å². The highest BCUT2D eigenvalue weighted by atomic mass is 32.2. The van der Waals surface area contributed by atoms with Crippen molar-refractivity contribution in [3.8, 4) is 23.1 Å². The molecule has 2 aromatic carbocycles. The normalized spacial score (nSPS) is 11.0. The van der Waals surface area contributed by atoms with Gasteiger partial charge in [-0.15, -0.1) is 0 Å². The van der Waals surface area contributed by atoms with Gasteiger partial charge in [0.2, 0.25) is 15.9 Å². The first-order valence-electron chi connectivity index (χ1n) is 10.1. The molecule has 3 rings (SSSR count). The Morgan fingerprint density at radius 3 is 2.42 bits per heavy atom. The Labute approximate surface area is 192 Å². The molecule has 0 aliphatic heterocycles. The molecule has 0 aliphatic rings. The second-order valence-electron chi connectivity index (χ2n) is 6.74. The van der Waals surface area contributed by atoms with Crippen LogP contribution in [0.4, 0.5) is 0 Å². The maximum absolute atomic E-state index is 12.6. The van der Waals surface area contributed by atoms with E-state index in [4.69, 9.17) is 14.2 Å². The summed E-state index contributed by atoms with van der Waals surface area (Å²) in [6.45, 7) is 2.61. The lowest BCUT2D eigenvalue weighted by Gasteiger charge is -2.12. The summed E-state index contributed by atoms with van der Waals surface area (Å²) in [5, 5.41) is 2.75. The van der Waals surface area contributed by atoms with Crippen LogP contribution in [-0.4, -0.2) is 40.1 Å². The van der Waals surface area contributed by atoms with E-state index in [-0.39, 0.29) is 22.8 Å². The van der Waals surface area contributed by atoms with Gasteiger partial charge < -0.3 is 19.5 Å². The molecule has 3 aromatic rings. The van der Waals surface area contributed by atoms with E-state index in [0.29, 0.717) is 24.0 Å². The lowest BCUT2D eigenvalue weighted by Crippen LogP contribution is -2.24. The van der Waals surface area contributed by atoms with Gasteiger partial charge in [0, 0.05) is 24.4 Å². The summed E-state index contributed by atoms with van der Waals surface area (Å²) < 4.78 is 43.1. The number of benzene rings is 2. The number of aromatic nitrogens is 1. The molecule has 0 saturated heterocycles. The van der Waals surface area contributed by atoms with Crippen molar-refractivity contribution >= 4 is 15.9 Å². The molecule has 9 nitrogen and oxygen atoms in total. The van der Waals surface area contributed by atoms with Crippen LogP contribution in [0.2, 0.25) is 0 Å². The number of methoxy groups -OCH3 is 1. The van der Waals surface area contributed by atoms with Gasteiger partial charge in [0.15, 0.2) is 11.5 Å². The number of ether oxygens (including phenoxy) is 3. The summed E-state index contributed by atoms with van der Waals surface area (Å²) >= 11 is 0. The minimum Gasteiger partial charge on any atom is -0.495 e. The molecular formula is C23H25N3O6S. The van der Waals surface area contributed by atoms with E-state index in [1.54, 1.807) is 24.4 Å². The second kappa shape index (κ2) is 10.8. The smallest absolute Gasteiger partial charge is 0.251 e. The minimum atomic E-state index is -3.79. The van der Waals surface area contributed by atoms with E-state index in [2.05, 4.69) is 15.0 Å². The third kappa shape index (κ3) is 5.99. The summed E-state index contributed by atoms with van der Waals surface area (Å²) in [7, 11) is -1.14. The Morgan fingerprint density at radius 2 is 1.79 bits per heavy atom. The number of rotatable bonds is 10. The maximum Gasteiger partial charge on any atom is 0.251 e. The summed E-state index contributed by atoms with van der Waals surface area (Å²) in [5.41, 5.74) is 0.926. The van der Waals surface area contributed by atoms with Crippen molar-refractivity contribution in [2.24, 2.45) is 0 Å². The van der Waals surface area contributed by atoms with E-state index in [1.807, 2.05) is 25.1 Å². The second-order valence-corrected chi connectivity index (χ2v) is 8.60. The summed E-state index contributed by atoms with van der Waals surface area (Å²) in [5.74, 6) is 1.27. The number of nitrogens with one attached hydrogen (secondary N) is 2. The fourth-order valence-corrected chi connectivity index (χ4v) is 3.84. The zero-order chi connectivity index (χ0) is 23.8. The highest BCUT2D eigenvalue weighted by Gasteiger charge is 2.20. The van der Waals surface area contributed by atoms with Crippen molar-refractivity contribution in [2.75, 3.05) is 20.8 Å². The van der Waals surface area contributed by atoms with Gasteiger partial charge in [-0.1, -0.05) is 18.2 Å². The monoisotopic (exact) mass is 471 g/mol. The number of pyridine rings is 1. The first-order chi connectivity index (χ1) is 15.9. The molecule has 1 aromatic heterocycles. The predicted molar refractivity (Wildman–Crippen MR) is 122 cm³/mol. The van der Waals surface area contributed by atoms with Crippen LogP contribution < -0.4 is 24.2 Å². The molecule has 1 amide bonds. The van der Waals surface area contributed by atoms with Crippen molar-refractivity contribution in [2.45, 2.75) is 18.4 Å². The molecule has 0 aliphatic carbocycles. The summed E-state index contributed by atoms with van der Waals surface area (Å²) in [4.78, 5) is 16.7. The molecule has 1 heterocycles. The van der Waals surface area contributed by atoms with Crippen LogP contribution in [0.15, 0.2) is 65.7 Å². The first kappa shape index (κ1) is 24.0. The molecule has 174 valence electrons. The van der Waals surface area contributed by atoms with Crippen LogP contribution in [0.1, 0.15) is 22.8 Å². The summed E-state index contributed by atoms with van der Waals surface area (Å²) in [6, 6.07) is 15.0. The highest BCUT2D eigenvalue weighted by Crippen LogP contribution is 2.30. The van der Waals surface area contributed by atoms with E-state index >= 15 is 0 Å². The largest absolute Gasteiger partial charge is 0.495 e. The molecule has 0 radical (unpaired) electrons. The molecule has 0 spiro atoms. The standard InChI is InChI=1S/C23H25N3O6S/c1-4-31-18-7-5-6-8-19(18)32-22-12-9-16(14-25-22)15-26-23(27)17-10-11-20(30-3)21(13-17)33(28,29)24-2/h5-14,24H,4,15H2,1-3H3,(H,26,27). The Kier molecular flexibility index (Phi) is 7.86. The lowest BCUT2D eigenvalue weighted by atomic mass is 10.2. The van der Waals surface area contributed by atoms with Gasteiger partial charge in [0.25, 0.3) is 5.91 Å². The first-order valence-corrected chi connectivity index (χ1v) is 11.6. The molecule has 0 fully saturated rings. The number of carbonyl (C=O) groups excluding carboxylic acids is 1. The summed E-state index contributed by atoms with van der Waals surface area (Å²) in [6.07, 6.45) is 1.59. The fourth-order valence-electron chi connectivity index (χ4n) is 2.92. The Hall–Kier alpha value is -3.63. The Balaban J connectivity index is 1.66. The minimum absolute atomic E-state index is 0.115. The van der Waals surface area contributed by atoms with Gasteiger partial charge in [-0.3, -0.25) is 4.79 Å². The van der Waals surface area contributed by atoms with E-state index in [9.17, 15) is 13.2 Å². The number of sulfonamides is 1. The van der Waals surface area contributed by atoms with Gasteiger partial charge in [0.05, 0.1) is 13.7 Å². The molecule has 0 unspecified atom stereocenters. The van der Waals surface area contributed by atoms with E-state index in [1.165, 1.54) is 32.4 Å². The van der Waals surface area contributed by atoms with Crippen LogP contribution >= 0.6 is 0 Å². The zero-order valence-corrected chi connectivity index (χ0v) is 19.3. The van der Waals surface area contributed by atoms with Gasteiger partial charge >= 0.3 is 0 Å². The number of para-hydroxylation sites is 2. The number of carbonyl (C=O) groups is 1. The average molecular weight is 472 g/mol. The fraction of sp³-hybridized carbons (Fsp3) is 0.217. The Morgan fingerprint density at radius 1 is 1.03 bits per heavy atom. The molecule has 33 heavy (non-hydrogen) atoms. The van der Waals surface area contributed by atoms with Crippen molar-refractivity contribution in [3.63, 3.8) is 0 Å². The lowest BCUT2D eigenvalue weighted by molar-refractivity contribution is 0.0950. The van der Waals surface area contributed by atoms with Crippen LogP contribution in [0, 0.1) is 0 Å². The topological polar surface area (TPSA) is 116 Å². The average Bonchev–Trinajstić information content (AvgIpc) is 2.84. The molecule has 0 atom stereocenters. The van der Waals surface area contributed by atoms with Crippen LogP contribution in [0.3, 0.4) is 0 Å². The SMILES string of the molecule is CCOc1ccccc1Oc1ccc(CNC(=O)c2ccc(OC)c(S(=O)(=O)NC)c2)cn1. The molecular weight excluding hydrogens is 446 g/mol. The maximum atomic E-state index is 12.6. The molecule has 2 N–H and O–H groups in total. The number of hydrogen-bond donors (Lipinski definition) is 2. The van der Waals surface area contributed by atoms with Crippen molar-refractivity contribution in [1.82, 2.24) is 15.0 Å². The Bertz CT molecular complexity index is 1210. The van der Waals surface area contributed by atoms with Gasteiger partial charge in [-0.05, 0) is 49.9 Å². The van der Waals surface area contributed by atoms with Crippen molar-refractivity contribution < 1.29 is 27.4 Å². The van der Waals surface area contributed by atoms with E-state index < -0.39 is 15.9 Å². The number of hydrogen-bond acceptors (Lipinski definition) is 7. The van der Waals surface area contributed by atoms with Gasteiger partial charge in [-0.25, -0.2) is 18.1 Å².